The minimum Gasteiger partial charge on any atom is -0.452 e. The topological polar surface area (TPSA) is 80.8 Å². The van der Waals surface area contributed by atoms with E-state index in [1.165, 1.54) is 0 Å². The molecule has 27 heavy (non-hydrogen) atoms. The van der Waals surface area contributed by atoms with Crippen molar-refractivity contribution in [1.29, 1.82) is 0 Å². The Hall–Kier alpha value is -1.41. The van der Waals surface area contributed by atoms with Crippen LogP contribution in [0.2, 0.25) is 0 Å². The number of halogens is 1. The zero-order valence-electron chi connectivity index (χ0n) is 15.1. The van der Waals surface area contributed by atoms with Crippen molar-refractivity contribution < 1.29 is 22.7 Å². The molecule has 148 valence electrons. The maximum absolute atomic E-state index is 12.9. The van der Waals surface area contributed by atoms with Crippen LogP contribution in [0.4, 0.5) is 0 Å². The molecule has 2 aliphatic rings. The second-order valence-corrected chi connectivity index (χ2v) is 10.3. The minimum atomic E-state index is -3.10. The van der Waals surface area contributed by atoms with Gasteiger partial charge in [-0.1, -0.05) is 31.4 Å². The van der Waals surface area contributed by atoms with Crippen LogP contribution in [0.25, 0.3) is 0 Å². The van der Waals surface area contributed by atoms with Gasteiger partial charge >= 0.3 is 5.97 Å². The fourth-order valence-corrected chi connectivity index (χ4v) is 6.12. The van der Waals surface area contributed by atoms with Gasteiger partial charge in [-0.15, -0.1) is 0 Å². The number of nitrogens with zero attached hydrogens (tertiary/aromatic N) is 1. The Labute approximate surface area is 168 Å². The van der Waals surface area contributed by atoms with E-state index in [9.17, 15) is 18.0 Å². The third-order valence-electron chi connectivity index (χ3n) is 5.28. The second-order valence-electron chi connectivity index (χ2n) is 7.21. The molecule has 1 atom stereocenters. The first-order valence-electron chi connectivity index (χ1n) is 9.30. The Morgan fingerprint density at radius 1 is 1.07 bits per heavy atom. The molecule has 8 heteroatoms. The fraction of sp³-hybridized carbons (Fsp3) is 0.579. The zero-order chi connectivity index (χ0) is 19.4. The summed E-state index contributed by atoms with van der Waals surface area (Å²) in [7, 11) is -3.10. The summed E-state index contributed by atoms with van der Waals surface area (Å²) >= 11 is 3.30. The van der Waals surface area contributed by atoms with Crippen molar-refractivity contribution in [1.82, 2.24) is 4.90 Å². The number of esters is 1. The summed E-state index contributed by atoms with van der Waals surface area (Å²) in [4.78, 5) is 26.9. The summed E-state index contributed by atoms with van der Waals surface area (Å²) in [5, 5.41) is 0. The summed E-state index contributed by atoms with van der Waals surface area (Å²) in [5.74, 6) is -0.749. The first-order chi connectivity index (χ1) is 12.9. The molecule has 0 radical (unpaired) electrons. The molecule has 2 fully saturated rings. The standard InChI is InChI=1S/C19H24BrNO5S/c20-17-9-5-4-8-16(17)19(23)26-12-18(22)21(14-6-2-1-3-7-14)15-10-11-27(24,25)13-15/h4-5,8-9,14-15H,1-3,6-7,10-13H2. The molecule has 1 aromatic carbocycles. The monoisotopic (exact) mass is 457 g/mol. The molecule has 1 aliphatic carbocycles. The smallest absolute Gasteiger partial charge is 0.339 e. The normalized spacial score (nSPS) is 22.3. The average molecular weight is 458 g/mol. The molecule has 6 nitrogen and oxygen atoms in total. The van der Waals surface area contributed by atoms with Gasteiger partial charge in [0.15, 0.2) is 16.4 Å². The number of amides is 1. The fourth-order valence-electron chi connectivity index (χ4n) is 3.97. The number of ether oxygens (including phenoxy) is 1. The first kappa shape index (κ1) is 20.3. The van der Waals surface area contributed by atoms with E-state index in [0.717, 1.165) is 32.1 Å². The third kappa shape index (κ3) is 5.10. The third-order valence-corrected chi connectivity index (χ3v) is 7.72. The lowest BCUT2D eigenvalue weighted by atomic mass is 9.93. The van der Waals surface area contributed by atoms with Crippen molar-refractivity contribution in [3.05, 3.63) is 34.3 Å². The van der Waals surface area contributed by atoms with E-state index in [2.05, 4.69) is 15.9 Å². The molecule has 1 unspecified atom stereocenters. The van der Waals surface area contributed by atoms with Gasteiger partial charge in [0.2, 0.25) is 0 Å². The van der Waals surface area contributed by atoms with Gasteiger partial charge in [-0.2, -0.15) is 0 Å². The largest absolute Gasteiger partial charge is 0.452 e. The van der Waals surface area contributed by atoms with Crippen molar-refractivity contribution in [2.24, 2.45) is 0 Å². The van der Waals surface area contributed by atoms with Gasteiger partial charge in [-0.05, 0) is 47.3 Å². The quantitative estimate of drug-likeness (QED) is 0.634. The van der Waals surface area contributed by atoms with Gasteiger partial charge in [0.25, 0.3) is 5.91 Å². The summed E-state index contributed by atoms with van der Waals surface area (Å²) in [6.45, 7) is -0.368. The highest BCUT2D eigenvalue weighted by molar-refractivity contribution is 9.10. The Morgan fingerprint density at radius 3 is 2.41 bits per heavy atom. The average Bonchev–Trinajstić information content (AvgIpc) is 3.00. The molecule has 3 rings (SSSR count). The first-order valence-corrected chi connectivity index (χ1v) is 11.9. The highest BCUT2D eigenvalue weighted by Gasteiger charge is 2.38. The lowest BCUT2D eigenvalue weighted by Crippen LogP contribution is -2.50. The minimum absolute atomic E-state index is 0.00736. The van der Waals surface area contributed by atoms with Crippen LogP contribution in [0.3, 0.4) is 0 Å². The lowest BCUT2D eigenvalue weighted by Gasteiger charge is -2.38. The lowest BCUT2D eigenvalue weighted by molar-refractivity contribution is -0.140. The van der Waals surface area contributed by atoms with E-state index in [-0.39, 0.29) is 36.1 Å². The molecular weight excluding hydrogens is 434 g/mol. The van der Waals surface area contributed by atoms with Gasteiger partial charge in [-0.25, -0.2) is 13.2 Å². The van der Waals surface area contributed by atoms with Gasteiger partial charge < -0.3 is 9.64 Å². The molecule has 1 saturated heterocycles. The molecular formula is C19H24BrNO5S. The molecule has 1 saturated carbocycles. The second kappa shape index (κ2) is 8.73. The molecule has 0 spiro atoms. The SMILES string of the molecule is O=C(OCC(=O)N(C1CCCCC1)C1CCS(=O)(=O)C1)c1ccccc1Br. The van der Waals surface area contributed by atoms with Crippen LogP contribution in [0.15, 0.2) is 28.7 Å². The van der Waals surface area contributed by atoms with Crippen molar-refractivity contribution in [3.8, 4) is 0 Å². The van der Waals surface area contributed by atoms with E-state index in [4.69, 9.17) is 4.74 Å². The van der Waals surface area contributed by atoms with Crippen LogP contribution in [0, 0.1) is 0 Å². The number of sulfone groups is 1. The summed E-state index contributed by atoms with van der Waals surface area (Å²) in [6, 6.07) is 6.59. The predicted octanol–water partition coefficient (Wildman–Crippen LogP) is 2.95. The number of carbonyl (C=O) groups is 2. The van der Waals surface area contributed by atoms with E-state index in [0.29, 0.717) is 16.5 Å². The summed E-state index contributed by atoms with van der Waals surface area (Å²) in [5.41, 5.74) is 0.359. The maximum atomic E-state index is 12.9. The number of carbonyl (C=O) groups excluding carboxylic acids is 2. The van der Waals surface area contributed by atoms with Crippen molar-refractivity contribution in [2.45, 2.75) is 50.6 Å². The van der Waals surface area contributed by atoms with Crippen LogP contribution in [-0.2, 0) is 19.4 Å². The van der Waals surface area contributed by atoms with Crippen molar-refractivity contribution >= 4 is 37.6 Å². The number of benzene rings is 1. The van der Waals surface area contributed by atoms with Gasteiger partial charge in [0.05, 0.1) is 17.1 Å². The molecule has 1 amide bonds. The van der Waals surface area contributed by atoms with Gasteiger partial charge in [0, 0.05) is 16.6 Å². The summed E-state index contributed by atoms with van der Waals surface area (Å²) < 4.78 is 29.7. The van der Waals surface area contributed by atoms with Crippen LogP contribution in [0.1, 0.15) is 48.9 Å². The number of hydrogen-bond acceptors (Lipinski definition) is 5. The summed E-state index contributed by atoms with van der Waals surface area (Å²) in [6.07, 6.45) is 5.41. The Balaban J connectivity index is 1.69. The number of hydrogen-bond donors (Lipinski definition) is 0. The van der Waals surface area contributed by atoms with Crippen LogP contribution < -0.4 is 0 Å². The van der Waals surface area contributed by atoms with Crippen LogP contribution in [0.5, 0.6) is 0 Å². The molecule has 0 bridgehead atoms. The van der Waals surface area contributed by atoms with E-state index in [1.807, 2.05) is 0 Å². The van der Waals surface area contributed by atoms with E-state index >= 15 is 0 Å². The van der Waals surface area contributed by atoms with E-state index in [1.54, 1.807) is 29.2 Å². The van der Waals surface area contributed by atoms with Crippen molar-refractivity contribution in [2.75, 3.05) is 18.1 Å². The highest BCUT2D eigenvalue weighted by Crippen LogP contribution is 2.28. The Morgan fingerprint density at radius 2 is 1.78 bits per heavy atom. The van der Waals surface area contributed by atoms with Crippen LogP contribution in [-0.4, -0.2) is 55.4 Å². The zero-order valence-corrected chi connectivity index (χ0v) is 17.5. The molecule has 0 N–H and O–H groups in total. The maximum Gasteiger partial charge on any atom is 0.339 e. The van der Waals surface area contributed by atoms with E-state index < -0.39 is 15.8 Å². The molecule has 1 aliphatic heterocycles. The van der Waals surface area contributed by atoms with Gasteiger partial charge in [0.1, 0.15) is 0 Å². The molecule has 1 aromatic rings. The Kier molecular flexibility index (Phi) is 6.57. The van der Waals surface area contributed by atoms with Crippen LogP contribution >= 0.6 is 15.9 Å². The Bertz CT molecular complexity index is 804. The molecule has 0 aromatic heterocycles. The van der Waals surface area contributed by atoms with Crippen molar-refractivity contribution in [3.63, 3.8) is 0 Å². The van der Waals surface area contributed by atoms with Gasteiger partial charge in [-0.3, -0.25) is 4.79 Å². The number of rotatable bonds is 5. The highest BCUT2D eigenvalue weighted by atomic mass is 79.9. The molecule has 1 heterocycles. The predicted molar refractivity (Wildman–Crippen MR) is 105 cm³/mol.